The molecule has 138 valence electrons. The molecule has 25 heavy (non-hydrogen) atoms. The van der Waals surface area contributed by atoms with Crippen molar-refractivity contribution >= 4 is 5.91 Å². The fraction of sp³-hybridized carbons (Fsp3) is 0.632. The van der Waals surface area contributed by atoms with Crippen LogP contribution in [-0.2, 0) is 11.2 Å². The van der Waals surface area contributed by atoms with Crippen molar-refractivity contribution in [3.05, 3.63) is 23.8 Å². The van der Waals surface area contributed by atoms with Gasteiger partial charge in [-0.2, -0.15) is 0 Å². The average Bonchev–Trinajstić information content (AvgIpc) is 2.83. The van der Waals surface area contributed by atoms with Crippen molar-refractivity contribution in [3.63, 3.8) is 0 Å². The lowest BCUT2D eigenvalue weighted by atomic mass is 9.96. The summed E-state index contributed by atoms with van der Waals surface area (Å²) in [5.41, 5.74) is 1.15. The summed E-state index contributed by atoms with van der Waals surface area (Å²) in [4.78, 5) is 16.8. The first-order chi connectivity index (χ1) is 12.2. The highest BCUT2D eigenvalue weighted by Gasteiger charge is 2.23. The van der Waals surface area contributed by atoms with Crippen molar-refractivity contribution in [3.8, 4) is 11.5 Å². The fourth-order valence-corrected chi connectivity index (χ4v) is 3.52. The van der Waals surface area contributed by atoms with Crippen LogP contribution < -0.4 is 14.8 Å². The van der Waals surface area contributed by atoms with Crippen molar-refractivity contribution in [2.75, 3.05) is 60.0 Å². The van der Waals surface area contributed by atoms with E-state index in [1.54, 1.807) is 7.11 Å². The maximum absolute atomic E-state index is 12.3. The molecule has 2 aliphatic rings. The second-order valence-electron chi connectivity index (χ2n) is 7.07. The van der Waals surface area contributed by atoms with Gasteiger partial charge in [-0.25, -0.2) is 0 Å². The van der Waals surface area contributed by atoms with Gasteiger partial charge in [0.05, 0.1) is 20.3 Å². The number of rotatable bonds is 5. The van der Waals surface area contributed by atoms with E-state index in [4.69, 9.17) is 9.47 Å². The monoisotopic (exact) mass is 347 g/mol. The molecular formula is C19H29N3O3. The average molecular weight is 347 g/mol. The summed E-state index contributed by atoms with van der Waals surface area (Å²) in [6.45, 7) is 5.86. The molecule has 2 aliphatic heterocycles. The van der Waals surface area contributed by atoms with Crippen molar-refractivity contribution in [1.82, 2.24) is 15.1 Å². The number of fused-ring (bicyclic) bond motifs is 1. The van der Waals surface area contributed by atoms with Gasteiger partial charge in [-0.15, -0.1) is 0 Å². The Morgan fingerprint density at radius 2 is 2.20 bits per heavy atom. The number of benzene rings is 1. The van der Waals surface area contributed by atoms with Gasteiger partial charge in [0.15, 0.2) is 11.5 Å². The minimum atomic E-state index is 0.112. The van der Waals surface area contributed by atoms with Crippen LogP contribution in [0.25, 0.3) is 0 Å². The van der Waals surface area contributed by atoms with Crippen LogP contribution in [0.4, 0.5) is 0 Å². The lowest BCUT2D eigenvalue weighted by Gasteiger charge is -2.27. The molecule has 1 atom stereocenters. The van der Waals surface area contributed by atoms with Gasteiger partial charge in [-0.05, 0) is 44.6 Å². The number of hydrogen-bond donors (Lipinski definition) is 1. The molecule has 6 nitrogen and oxygen atoms in total. The second kappa shape index (κ2) is 8.54. The van der Waals surface area contributed by atoms with Gasteiger partial charge < -0.3 is 19.7 Å². The molecule has 1 saturated heterocycles. The Balaban J connectivity index is 1.45. The molecule has 1 N–H and O–H groups in total. The van der Waals surface area contributed by atoms with Gasteiger partial charge >= 0.3 is 0 Å². The number of nitrogens with one attached hydrogen (secondary N) is 1. The predicted molar refractivity (Wildman–Crippen MR) is 97.2 cm³/mol. The molecular weight excluding hydrogens is 318 g/mol. The summed E-state index contributed by atoms with van der Waals surface area (Å²) in [5, 5.41) is 3.09. The SMILES string of the molecule is COc1cccc2c1OC[C@@H](CNC(=O)CN1CCCN(C)CC1)C2. The van der Waals surface area contributed by atoms with Gasteiger partial charge in [-0.1, -0.05) is 12.1 Å². The summed E-state index contributed by atoms with van der Waals surface area (Å²) < 4.78 is 11.2. The van der Waals surface area contributed by atoms with Crippen LogP contribution in [0, 0.1) is 5.92 Å². The maximum Gasteiger partial charge on any atom is 0.234 e. The second-order valence-corrected chi connectivity index (χ2v) is 7.07. The number of hydrogen-bond acceptors (Lipinski definition) is 5. The van der Waals surface area contributed by atoms with Crippen LogP contribution >= 0.6 is 0 Å². The lowest BCUT2D eigenvalue weighted by molar-refractivity contribution is -0.122. The Morgan fingerprint density at radius 3 is 3.04 bits per heavy atom. The minimum Gasteiger partial charge on any atom is -0.493 e. The molecule has 0 bridgehead atoms. The summed E-state index contributed by atoms with van der Waals surface area (Å²) >= 11 is 0. The molecule has 1 aromatic carbocycles. The summed E-state index contributed by atoms with van der Waals surface area (Å²) in [6.07, 6.45) is 2.03. The standard InChI is InChI=1S/C19H29N3O3/c1-21-7-4-8-22(10-9-21)13-18(23)20-12-15-11-16-5-3-6-17(24-2)19(16)25-14-15/h3,5-6,15H,4,7-14H2,1-2H3,(H,20,23)/t15-/m1/s1. The zero-order valence-electron chi connectivity index (χ0n) is 15.3. The van der Waals surface area contributed by atoms with E-state index in [2.05, 4.69) is 28.2 Å². The highest BCUT2D eigenvalue weighted by molar-refractivity contribution is 5.78. The topological polar surface area (TPSA) is 54.0 Å². The van der Waals surface area contributed by atoms with Gasteiger partial charge in [0.2, 0.25) is 5.91 Å². The van der Waals surface area contributed by atoms with Crippen molar-refractivity contribution < 1.29 is 14.3 Å². The molecule has 0 saturated carbocycles. The first kappa shape index (κ1) is 18.0. The van der Waals surface area contributed by atoms with Crippen LogP contribution in [0.5, 0.6) is 11.5 Å². The van der Waals surface area contributed by atoms with E-state index in [-0.39, 0.29) is 5.91 Å². The number of likely N-dealkylation sites (N-methyl/N-ethyl adjacent to an activating group) is 1. The maximum atomic E-state index is 12.3. The molecule has 1 fully saturated rings. The number of carbonyl (C=O) groups is 1. The molecule has 2 heterocycles. The van der Waals surface area contributed by atoms with Crippen LogP contribution in [0.2, 0.25) is 0 Å². The van der Waals surface area contributed by atoms with E-state index >= 15 is 0 Å². The number of para-hydroxylation sites is 1. The molecule has 0 spiro atoms. The zero-order valence-corrected chi connectivity index (χ0v) is 15.3. The molecule has 1 amide bonds. The first-order valence-corrected chi connectivity index (χ1v) is 9.12. The normalized spacial score (nSPS) is 21.8. The molecule has 0 radical (unpaired) electrons. The smallest absolute Gasteiger partial charge is 0.234 e. The Labute approximate surface area is 150 Å². The molecule has 6 heteroatoms. The van der Waals surface area contributed by atoms with E-state index in [1.165, 1.54) is 0 Å². The van der Waals surface area contributed by atoms with E-state index < -0.39 is 0 Å². The Hall–Kier alpha value is -1.79. The number of ether oxygens (including phenoxy) is 2. The molecule has 3 rings (SSSR count). The number of nitrogens with zero attached hydrogens (tertiary/aromatic N) is 2. The van der Waals surface area contributed by atoms with Crippen LogP contribution in [0.1, 0.15) is 12.0 Å². The van der Waals surface area contributed by atoms with Gasteiger partial charge in [0, 0.05) is 25.6 Å². The van der Waals surface area contributed by atoms with E-state index in [1.807, 2.05) is 12.1 Å². The fourth-order valence-electron chi connectivity index (χ4n) is 3.52. The largest absolute Gasteiger partial charge is 0.493 e. The van der Waals surface area contributed by atoms with Crippen LogP contribution in [0.15, 0.2) is 18.2 Å². The van der Waals surface area contributed by atoms with E-state index in [0.29, 0.717) is 25.6 Å². The molecule has 0 aliphatic carbocycles. The summed E-state index contributed by atoms with van der Waals surface area (Å²) in [6, 6.07) is 5.97. The summed E-state index contributed by atoms with van der Waals surface area (Å²) in [5.74, 6) is 2.05. The third kappa shape index (κ3) is 4.86. The highest BCUT2D eigenvalue weighted by Crippen LogP contribution is 2.35. The third-order valence-electron chi connectivity index (χ3n) is 5.02. The first-order valence-electron chi connectivity index (χ1n) is 9.12. The quantitative estimate of drug-likeness (QED) is 0.861. The Bertz CT molecular complexity index is 593. The minimum absolute atomic E-state index is 0.112. The molecule has 0 unspecified atom stereocenters. The molecule has 1 aromatic rings. The van der Waals surface area contributed by atoms with E-state index in [0.717, 1.165) is 56.1 Å². The van der Waals surface area contributed by atoms with Gasteiger partial charge in [0.25, 0.3) is 0 Å². The number of amides is 1. The van der Waals surface area contributed by atoms with E-state index in [9.17, 15) is 4.79 Å². The molecule has 0 aromatic heterocycles. The Morgan fingerprint density at radius 1 is 1.32 bits per heavy atom. The van der Waals surface area contributed by atoms with Gasteiger partial charge in [0.1, 0.15) is 0 Å². The van der Waals surface area contributed by atoms with Crippen LogP contribution in [0.3, 0.4) is 0 Å². The van der Waals surface area contributed by atoms with Crippen LogP contribution in [-0.4, -0.2) is 75.7 Å². The number of methoxy groups -OCH3 is 1. The third-order valence-corrected chi connectivity index (χ3v) is 5.02. The predicted octanol–water partition coefficient (Wildman–Crippen LogP) is 1.00. The number of carbonyl (C=O) groups excluding carboxylic acids is 1. The van der Waals surface area contributed by atoms with Crippen molar-refractivity contribution in [1.29, 1.82) is 0 Å². The van der Waals surface area contributed by atoms with Crippen molar-refractivity contribution in [2.45, 2.75) is 12.8 Å². The highest BCUT2D eigenvalue weighted by atomic mass is 16.5. The Kier molecular flexibility index (Phi) is 6.15. The lowest BCUT2D eigenvalue weighted by Crippen LogP contribution is -2.42. The van der Waals surface area contributed by atoms with Crippen molar-refractivity contribution in [2.24, 2.45) is 5.92 Å². The summed E-state index contributed by atoms with van der Waals surface area (Å²) in [7, 11) is 3.80. The zero-order chi connectivity index (χ0) is 17.6. The van der Waals surface area contributed by atoms with Gasteiger partial charge in [-0.3, -0.25) is 9.69 Å².